The number of halogens is 1. The van der Waals surface area contributed by atoms with E-state index < -0.39 is 17.8 Å². The predicted octanol–water partition coefficient (Wildman–Crippen LogP) is 2.84. The number of hydrogen-bond donors (Lipinski definition) is 3. The van der Waals surface area contributed by atoms with Crippen molar-refractivity contribution in [1.29, 1.82) is 0 Å². The lowest BCUT2D eigenvalue weighted by Gasteiger charge is -2.12. The zero-order chi connectivity index (χ0) is 14.5. The van der Waals surface area contributed by atoms with E-state index in [1.54, 1.807) is 0 Å². The Hall–Kier alpha value is -2.11. The van der Waals surface area contributed by atoms with Gasteiger partial charge < -0.3 is 15.7 Å². The van der Waals surface area contributed by atoms with Gasteiger partial charge in [-0.05, 0) is 37.0 Å². The van der Waals surface area contributed by atoms with Gasteiger partial charge in [-0.1, -0.05) is 12.8 Å². The van der Waals surface area contributed by atoms with Gasteiger partial charge in [-0.2, -0.15) is 0 Å². The number of amides is 2. The van der Waals surface area contributed by atoms with Crippen molar-refractivity contribution in [2.75, 3.05) is 11.9 Å². The topological polar surface area (TPSA) is 78.4 Å². The van der Waals surface area contributed by atoms with Gasteiger partial charge in [0.15, 0.2) is 0 Å². The molecule has 0 atom stereocenters. The van der Waals surface area contributed by atoms with E-state index in [4.69, 9.17) is 5.11 Å². The molecule has 0 radical (unpaired) electrons. The van der Waals surface area contributed by atoms with Crippen molar-refractivity contribution >= 4 is 17.7 Å². The molecule has 1 aromatic rings. The summed E-state index contributed by atoms with van der Waals surface area (Å²) in [5.41, 5.74) is -0.177. The van der Waals surface area contributed by atoms with Crippen LogP contribution in [0.3, 0.4) is 0 Å². The number of urea groups is 1. The lowest BCUT2D eigenvalue weighted by molar-refractivity contribution is 0.0697. The van der Waals surface area contributed by atoms with Gasteiger partial charge in [0.2, 0.25) is 0 Å². The van der Waals surface area contributed by atoms with Crippen molar-refractivity contribution in [2.24, 2.45) is 5.92 Å². The summed E-state index contributed by atoms with van der Waals surface area (Å²) < 4.78 is 13.0. The summed E-state index contributed by atoms with van der Waals surface area (Å²) in [6.07, 6.45) is 4.60. The molecule has 1 saturated carbocycles. The Kier molecular flexibility index (Phi) is 4.55. The number of carbonyl (C=O) groups excluding carboxylic acids is 1. The molecule has 0 aromatic heterocycles. The van der Waals surface area contributed by atoms with E-state index in [0.717, 1.165) is 25.0 Å². The largest absolute Gasteiger partial charge is 0.478 e. The average Bonchev–Trinajstić information content (AvgIpc) is 2.91. The first-order chi connectivity index (χ1) is 9.56. The number of carbonyl (C=O) groups is 2. The van der Waals surface area contributed by atoms with E-state index in [-0.39, 0.29) is 11.3 Å². The Morgan fingerprint density at radius 2 is 2.00 bits per heavy atom. The van der Waals surface area contributed by atoms with Gasteiger partial charge in [-0.25, -0.2) is 14.0 Å². The maximum atomic E-state index is 13.0. The van der Waals surface area contributed by atoms with Crippen molar-refractivity contribution in [1.82, 2.24) is 5.32 Å². The van der Waals surface area contributed by atoms with Gasteiger partial charge in [0.05, 0.1) is 11.3 Å². The molecule has 0 spiro atoms. The molecule has 0 heterocycles. The fourth-order valence-corrected chi connectivity index (χ4v) is 2.42. The molecule has 1 aliphatic carbocycles. The normalized spacial score (nSPS) is 15.1. The van der Waals surface area contributed by atoms with E-state index in [1.165, 1.54) is 18.9 Å². The predicted molar refractivity (Wildman–Crippen MR) is 72.3 cm³/mol. The molecule has 1 aliphatic rings. The van der Waals surface area contributed by atoms with Gasteiger partial charge in [0, 0.05) is 6.54 Å². The Labute approximate surface area is 116 Å². The number of carboxylic acids is 1. The lowest BCUT2D eigenvalue weighted by Crippen LogP contribution is -2.32. The number of benzene rings is 1. The van der Waals surface area contributed by atoms with Crippen molar-refractivity contribution in [3.63, 3.8) is 0 Å². The maximum Gasteiger partial charge on any atom is 0.337 e. The van der Waals surface area contributed by atoms with Crippen LogP contribution in [0.1, 0.15) is 36.0 Å². The summed E-state index contributed by atoms with van der Waals surface area (Å²) in [5, 5.41) is 14.1. The lowest BCUT2D eigenvalue weighted by atomic mass is 10.1. The van der Waals surface area contributed by atoms with Crippen LogP contribution in [0, 0.1) is 11.7 Å². The van der Waals surface area contributed by atoms with Crippen LogP contribution in [0.4, 0.5) is 14.9 Å². The first kappa shape index (κ1) is 14.3. The Morgan fingerprint density at radius 1 is 1.30 bits per heavy atom. The minimum Gasteiger partial charge on any atom is -0.478 e. The van der Waals surface area contributed by atoms with Crippen LogP contribution in [0.25, 0.3) is 0 Å². The number of rotatable bonds is 4. The minimum absolute atomic E-state index is 0.0859. The highest BCUT2D eigenvalue weighted by Gasteiger charge is 2.17. The Morgan fingerprint density at radius 3 is 2.65 bits per heavy atom. The van der Waals surface area contributed by atoms with E-state index in [0.29, 0.717) is 12.5 Å². The van der Waals surface area contributed by atoms with Crippen LogP contribution in [0.15, 0.2) is 18.2 Å². The fraction of sp³-hybridized carbons (Fsp3) is 0.429. The van der Waals surface area contributed by atoms with E-state index in [1.807, 2.05) is 0 Å². The second kappa shape index (κ2) is 6.36. The van der Waals surface area contributed by atoms with E-state index in [9.17, 15) is 14.0 Å². The third kappa shape index (κ3) is 3.69. The number of nitrogens with one attached hydrogen (secondary N) is 2. The number of carboxylic acid groups (broad SMARTS) is 1. The maximum absolute atomic E-state index is 13.0. The summed E-state index contributed by atoms with van der Waals surface area (Å²) in [7, 11) is 0. The summed E-state index contributed by atoms with van der Waals surface area (Å²) >= 11 is 0. The van der Waals surface area contributed by atoms with Gasteiger partial charge >= 0.3 is 12.0 Å². The van der Waals surface area contributed by atoms with E-state index >= 15 is 0 Å². The van der Waals surface area contributed by atoms with Crippen LogP contribution in [0.5, 0.6) is 0 Å². The fourth-order valence-electron chi connectivity index (χ4n) is 2.42. The second-order valence-corrected chi connectivity index (χ2v) is 4.98. The highest BCUT2D eigenvalue weighted by molar-refractivity contribution is 5.99. The molecular weight excluding hydrogens is 263 g/mol. The monoisotopic (exact) mass is 280 g/mol. The Balaban J connectivity index is 1.94. The highest BCUT2D eigenvalue weighted by atomic mass is 19.1. The number of aromatic carboxylic acids is 1. The van der Waals surface area contributed by atoms with Crippen LogP contribution >= 0.6 is 0 Å². The third-order valence-corrected chi connectivity index (χ3v) is 3.49. The molecule has 20 heavy (non-hydrogen) atoms. The summed E-state index contributed by atoms with van der Waals surface area (Å²) in [5.74, 6) is -1.44. The van der Waals surface area contributed by atoms with E-state index in [2.05, 4.69) is 10.6 Å². The summed E-state index contributed by atoms with van der Waals surface area (Å²) in [6, 6.07) is 2.77. The van der Waals surface area contributed by atoms with Crippen molar-refractivity contribution < 1.29 is 19.1 Å². The van der Waals surface area contributed by atoms with Gasteiger partial charge in [-0.3, -0.25) is 0 Å². The molecule has 5 nitrogen and oxygen atoms in total. The standard InChI is InChI=1S/C14H17FN2O3/c15-10-5-6-12(11(7-10)13(18)19)17-14(20)16-8-9-3-1-2-4-9/h5-7,9H,1-4,8H2,(H,18,19)(H2,16,17,20). The van der Waals surface area contributed by atoms with Crippen LogP contribution in [-0.4, -0.2) is 23.7 Å². The molecular formula is C14H17FN2O3. The minimum atomic E-state index is -1.28. The Bertz CT molecular complexity index is 513. The van der Waals surface area contributed by atoms with Crippen molar-refractivity contribution in [3.8, 4) is 0 Å². The molecule has 2 rings (SSSR count). The molecule has 3 N–H and O–H groups in total. The molecule has 0 saturated heterocycles. The molecule has 0 unspecified atom stereocenters. The van der Waals surface area contributed by atoms with Gasteiger partial charge in [0.1, 0.15) is 5.82 Å². The first-order valence-electron chi connectivity index (χ1n) is 6.64. The van der Waals surface area contributed by atoms with Crippen LogP contribution in [0.2, 0.25) is 0 Å². The molecule has 0 aliphatic heterocycles. The molecule has 1 aromatic carbocycles. The SMILES string of the molecule is O=C(NCC1CCCC1)Nc1ccc(F)cc1C(=O)O. The number of anilines is 1. The summed E-state index contributed by atoms with van der Waals surface area (Å²) in [6.45, 7) is 0.579. The highest BCUT2D eigenvalue weighted by Crippen LogP contribution is 2.23. The van der Waals surface area contributed by atoms with Crippen molar-refractivity contribution in [3.05, 3.63) is 29.6 Å². The second-order valence-electron chi connectivity index (χ2n) is 4.98. The molecule has 2 amide bonds. The molecule has 6 heteroatoms. The zero-order valence-corrected chi connectivity index (χ0v) is 11.0. The average molecular weight is 280 g/mol. The van der Waals surface area contributed by atoms with Gasteiger partial charge in [0.25, 0.3) is 0 Å². The molecule has 0 bridgehead atoms. The quantitative estimate of drug-likeness (QED) is 0.793. The third-order valence-electron chi connectivity index (χ3n) is 3.49. The molecule has 108 valence electrons. The van der Waals surface area contributed by atoms with Crippen LogP contribution < -0.4 is 10.6 Å². The summed E-state index contributed by atoms with van der Waals surface area (Å²) in [4.78, 5) is 22.7. The van der Waals surface area contributed by atoms with Crippen molar-refractivity contribution in [2.45, 2.75) is 25.7 Å². The smallest absolute Gasteiger partial charge is 0.337 e. The first-order valence-corrected chi connectivity index (χ1v) is 6.64. The number of hydrogen-bond acceptors (Lipinski definition) is 2. The van der Waals surface area contributed by atoms with Gasteiger partial charge in [-0.15, -0.1) is 0 Å². The molecule has 1 fully saturated rings. The van der Waals surface area contributed by atoms with Crippen LogP contribution in [-0.2, 0) is 0 Å². The zero-order valence-electron chi connectivity index (χ0n) is 11.0.